The van der Waals surface area contributed by atoms with Crippen LogP contribution in [0.1, 0.15) is 23.5 Å². The van der Waals surface area contributed by atoms with E-state index in [1.54, 1.807) is 16.4 Å². The average molecular weight is 311 g/mol. The average Bonchev–Trinajstić information content (AvgIpc) is 2.53. The SMILES string of the molecule is C=C1C2CC1N(S(=O)(=O)c1ccc(C)cc1)c1ccccc12. The molecule has 1 aliphatic carbocycles. The van der Waals surface area contributed by atoms with Gasteiger partial charge in [0.15, 0.2) is 0 Å². The van der Waals surface area contributed by atoms with Gasteiger partial charge in [-0.25, -0.2) is 8.42 Å². The Labute approximate surface area is 130 Å². The molecule has 0 amide bonds. The van der Waals surface area contributed by atoms with Crippen LogP contribution in [0.25, 0.3) is 0 Å². The lowest BCUT2D eigenvalue weighted by atomic mass is 9.68. The molecule has 2 heterocycles. The number of benzene rings is 2. The van der Waals surface area contributed by atoms with E-state index in [-0.39, 0.29) is 6.04 Å². The Balaban J connectivity index is 1.89. The van der Waals surface area contributed by atoms with Crippen LogP contribution in [0.15, 0.2) is 65.6 Å². The standard InChI is InChI=1S/C18H17NO2S/c1-12-7-9-14(10-8-12)22(20,21)19-17-6-4-3-5-15(17)16-11-18(19)13(16)2/h3-10,16,18H,2,11H2,1H3. The Bertz CT molecular complexity index is 868. The van der Waals surface area contributed by atoms with Gasteiger partial charge in [0.1, 0.15) is 0 Å². The normalized spacial score (nSPS) is 23.0. The van der Waals surface area contributed by atoms with Crippen molar-refractivity contribution in [1.82, 2.24) is 0 Å². The van der Waals surface area contributed by atoms with Crippen LogP contribution < -0.4 is 4.31 Å². The smallest absolute Gasteiger partial charge is 0.259 e. The predicted octanol–water partition coefficient (Wildman–Crippen LogP) is 3.62. The van der Waals surface area contributed by atoms with Crippen LogP contribution >= 0.6 is 0 Å². The lowest BCUT2D eigenvalue weighted by Crippen LogP contribution is -2.53. The maximum atomic E-state index is 13.1. The zero-order valence-corrected chi connectivity index (χ0v) is 13.2. The summed E-state index contributed by atoms with van der Waals surface area (Å²) in [6.07, 6.45) is 0.834. The summed E-state index contributed by atoms with van der Waals surface area (Å²) in [5.41, 5.74) is 3.93. The number of hydrogen-bond donors (Lipinski definition) is 0. The molecule has 1 saturated carbocycles. The van der Waals surface area contributed by atoms with Crippen molar-refractivity contribution < 1.29 is 8.42 Å². The topological polar surface area (TPSA) is 37.4 Å². The molecule has 3 aliphatic rings. The Kier molecular flexibility index (Phi) is 2.76. The van der Waals surface area contributed by atoms with Gasteiger partial charge in [-0.1, -0.05) is 42.5 Å². The van der Waals surface area contributed by atoms with E-state index in [0.29, 0.717) is 10.8 Å². The summed E-state index contributed by atoms with van der Waals surface area (Å²) in [6, 6.07) is 14.7. The first-order chi connectivity index (χ1) is 10.5. The van der Waals surface area contributed by atoms with Crippen molar-refractivity contribution in [3.05, 3.63) is 71.8 Å². The summed E-state index contributed by atoms with van der Waals surface area (Å²) >= 11 is 0. The van der Waals surface area contributed by atoms with Crippen molar-refractivity contribution in [2.45, 2.75) is 30.2 Å². The summed E-state index contributed by atoms with van der Waals surface area (Å²) in [4.78, 5) is 0.339. The van der Waals surface area contributed by atoms with Crippen molar-refractivity contribution in [2.75, 3.05) is 4.31 Å². The summed E-state index contributed by atoms with van der Waals surface area (Å²) in [7, 11) is -3.56. The second kappa shape index (κ2) is 4.46. The van der Waals surface area contributed by atoms with Gasteiger partial charge in [0.2, 0.25) is 0 Å². The molecule has 0 radical (unpaired) electrons. The third kappa shape index (κ3) is 1.70. The zero-order chi connectivity index (χ0) is 15.5. The van der Waals surface area contributed by atoms with Gasteiger partial charge in [-0.05, 0) is 42.7 Å². The monoisotopic (exact) mass is 311 g/mol. The predicted molar refractivity (Wildman–Crippen MR) is 87.6 cm³/mol. The number of hydrogen-bond acceptors (Lipinski definition) is 2. The highest BCUT2D eigenvalue weighted by Gasteiger charge is 2.49. The number of para-hydroxylation sites is 1. The van der Waals surface area contributed by atoms with E-state index >= 15 is 0 Å². The van der Waals surface area contributed by atoms with Gasteiger partial charge in [0.25, 0.3) is 10.0 Å². The number of rotatable bonds is 2. The van der Waals surface area contributed by atoms with Gasteiger partial charge in [-0.3, -0.25) is 4.31 Å². The third-order valence-corrected chi connectivity index (χ3v) is 6.58. The molecule has 2 aliphatic heterocycles. The molecule has 4 heteroatoms. The molecular formula is C18H17NO2S. The van der Waals surface area contributed by atoms with Crippen molar-refractivity contribution in [3.63, 3.8) is 0 Å². The zero-order valence-electron chi connectivity index (χ0n) is 12.4. The van der Waals surface area contributed by atoms with Crippen molar-refractivity contribution in [3.8, 4) is 0 Å². The van der Waals surface area contributed by atoms with Crippen LogP contribution in [-0.4, -0.2) is 14.5 Å². The lowest BCUT2D eigenvalue weighted by molar-refractivity contribution is 0.455. The van der Waals surface area contributed by atoms with Crippen LogP contribution in [-0.2, 0) is 10.0 Å². The Morgan fingerprint density at radius 3 is 2.45 bits per heavy atom. The van der Waals surface area contributed by atoms with Crippen LogP contribution in [0.4, 0.5) is 5.69 Å². The maximum absolute atomic E-state index is 13.1. The molecule has 2 atom stereocenters. The first kappa shape index (κ1) is 13.6. The second-order valence-electron chi connectivity index (χ2n) is 6.05. The molecule has 112 valence electrons. The van der Waals surface area contributed by atoms with Gasteiger partial charge < -0.3 is 0 Å². The summed E-state index contributed by atoms with van der Waals surface area (Å²) in [6.45, 7) is 6.06. The summed E-state index contributed by atoms with van der Waals surface area (Å²) < 4.78 is 27.8. The molecule has 0 N–H and O–H groups in total. The fraction of sp³-hybridized carbons (Fsp3) is 0.222. The van der Waals surface area contributed by atoms with Gasteiger partial charge in [-0.15, -0.1) is 0 Å². The quantitative estimate of drug-likeness (QED) is 0.794. The van der Waals surface area contributed by atoms with Gasteiger partial charge in [0, 0.05) is 5.92 Å². The van der Waals surface area contributed by atoms with E-state index < -0.39 is 10.0 Å². The van der Waals surface area contributed by atoms with Gasteiger partial charge in [0.05, 0.1) is 16.6 Å². The molecule has 2 unspecified atom stereocenters. The minimum Gasteiger partial charge on any atom is -0.259 e. The largest absolute Gasteiger partial charge is 0.264 e. The molecule has 22 heavy (non-hydrogen) atoms. The number of nitrogens with zero attached hydrogens (tertiary/aromatic N) is 1. The van der Waals surface area contributed by atoms with E-state index in [1.807, 2.05) is 43.3 Å². The first-order valence-corrected chi connectivity index (χ1v) is 8.83. The molecule has 0 spiro atoms. The molecule has 1 fully saturated rings. The Hall–Kier alpha value is -2.07. The lowest BCUT2D eigenvalue weighted by Gasteiger charge is -2.51. The molecule has 3 nitrogen and oxygen atoms in total. The molecular weight excluding hydrogens is 294 g/mol. The summed E-state index contributed by atoms with van der Waals surface area (Å²) in [5, 5.41) is 0. The number of aryl methyl sites for hydroxylation is 1. The van der Waals surface area contributed by atoms with E-state index in [4.69, 9.17) is 0 Å². The maximum Gasteiger partial charge on any atom is 0.264 e. The highest BCUT2D eigenvalue weighted by atomic mass is 32.2. The fourth-order valence-corrected chi connectivity index (χ4v) is 5.13. The molecule has 0 aromatic heterocycles. The fourth-order valence-electron chi connectivity index (χ4n) is 3.44. The Morgan fingerprint density at radius 1 is 1.09 bits per heavy atom. The van der Waals surface area contributed by atoms with Crippen LogP contribution in [0.5, 0.6) is 0 Å². The minimum atomic E-state index is -3.56. The molecule has 0 saturated heterocycles. The van der Waals surface area contributed by atoms with Crippen LogP contribution in [0.3, 0.4) is 0 Å². The van der Waals surface area contributed by atoms with Crippen molar-refractivity contribution >= 4 is 15.7 Å². The Morgan fingerprint density at radius 2 is 1.77 bits per heavy atom. The van der Waals surface area contributed by atoms with E-state index in [9.17, 15) is 8.42 Å². The van der Waals surface area contributed by atoms with E-state index in [1.165, 1.54) is 0 Å². The highest BCUT2D eigenvalue weighted by molar-refractivity contribution is 7.92. The summed E-state index contributed by atoms with van der Waals surface area (Å²) in [5.74, 6) is 0.311. The van der Waals surface area contributed by atoms with Crippen LogP contribution in [0.2, 0.25) is 0 Å². The molecule has 2 aromatic rings. The van der Waals surface area contributed by atoms with E-state index in [0.717, 1.165) is 28.8 Å². The van der Waals surface area contributed by atoms with E-state index in [2.05, 4.69) is 6.58 Å². The number of anilines is 1. The second-order valence-corrected chi connectivity index (χ2v) is 7.87. The molecule has 5 rings (SSSR count). The van der Waals surface area contributed by atoms with Crippen molar-refractivity contribution in [2.24, 2.45) is 0 Å². The minimum absolute atomic E-state index is 0.105. The van der Waals surface area contributed by atoms with Crippen molar-refractivity contribution in [1.29, 1.82) is 0 Å². The first-order valence-electron chi connectivity index (χ1n) is 7.39. The van der Waals surface area contributed by atoms with Crippen LogP contribution in [0, 0.1) is 6.92 Å². The number of sulfonamides is 1. The highest BCUT2D eigenvalue weighted by Crippen LogP contribution is 2.54. The third-order valence-electron chi connectivity index (χ3n) is 4.75. The van der Waals surface area contributed by atoms with Gasteiger partial charge in [-0.2, -0.15) is 0 Å². The van der Waals surface area contributed by atoms with Gasteiger partial charge >= 0.3 is 0 Å². The molecule has 2 bridgehead atoms. The molecule has 2 aromatic carbocycles.